The molecule has 3 nitrogen and oxygen atoms in total. The lowest BCUT2D eigenvalue weighted by Gasteiger charge is -2.05. The second kappa shape index (κ2) is 6.95. The highest BCUT2D eigenvalue weighted by Gasteiger charge is 1.93. The molecule has 1 rings (SSSR count). The summed E-state index contributed by atoms with van der Waals surface area (Å²) in [6.07, 6.45) is 4.84. The Kier molecular flexibility index (Phi) is 5.50. The average Bonchev–Trinajstić information content (AvgIpc) is 2.29. The molecule has 0 aliphatic carbocycles. The molecular weight excluding hydrogens is 218 g/mol. The maximum absolute atomic E-state index is 5.11. The zero-order valence-corrected chi connectivity index (χ0v) is 10.3. The summed E-state index contributed by atoms with van der Waals surface area (Å²) in [5.41, 5.74) is 0.880. The summed E-state index contributed by atoms with van der Waals surface area (Å²) in [4.78, 5) is 4.35. The third-order valence-corrected chi connectivity index (χ3v) is 2.23. The quantitative estimate of drug-likeness (QED) is 0.637. The van der Waals surface area contributed by atoms with Gasteiger partial charge in [0, 0.05) is 19.3 Å². The molecule has 1 N–H and O–H groups in total. The lowest BCUT2D eigenvalue weighted by atomic mass is 10.4. The summed E-state index contributed by atoms with van der Waals surface area (Å²) >= 11 is 5.11. The van der Waals surface area contributed by atoms with E-state index in [1.54, 1.807) is 6.08 Å². The first kappa shape index (κ1) is 12.6. The third-order valence-electron chi connectivity index (χ3n) is 1.99. The number of pyridine rings is 1. The largest absolute Gasteiger partial charge is 0.357 e. The molecule has 1 heterocycles. The lowest BCUT2D eigenvalue weighted by molar-refractivity contribution is 0.645. The van der Waals surface area contributed by atoms with Crippen molar-refractivity contribution in [3.8, 4) is 0 Å². The van der Waals surface area contributed by atoms with Gasteiger partial charge in [0.05, 0.1) is 0 Å². The summed E-state index contributed by atoms with van der Waals surface area (Å²) in [7, 11) is 0. The SMILES string of the molecule is C=CCNC(=S)/N=c1\ccccn1CCC. The summed E-state index contributed by atoms with van der Waals surface area (Å²) in [5.74, 6) is 0. The van der Waals surface area contributed by atoms with Gasteiger partial charge in [-0.15, -0.1) is 6.58 Å². The van der Waals surface area contributed by atoms with Gasteiger partial charge in [-0.25, -0.2) is 4.99 Å². The van der Waals surface area contributed by atoms with Crippen LogP contribution in [0.15, 0.2) is 42.0 Å². The van der Waals surface area contributed by atoms with E-state index in [1.165, 1.54) is 0 Å². The topological polar surface area (TPSA) is 29.3 Å². The van der Waals surface area contributed by atoms with Crippen molar-refractivity contribution in [3.63, 3.8) is 0 Å². The molecule has 16 heavy (non-hydrogen) atoms. The fourth-order valence-corrected chi connectivity index (χ4v) is 1.48. The van der Waals surface area contributed by atoms with E-state index in [4.69, 9.17) is 12.2 Å². The Morgan fingerprint density at radius 2 is 2.44 bits per heavy atom. The number of nitrogens with zero attached hydrogens (tertiary/aromatic N) is 2. The number of rotatable bonds is 4. The minimum Gasteiger partial charge on any atom is -0.357 e. The molecular formula is C12H17N3S. The van der Waals surface area contributed by atoms with Gasteiger partial charge in [0.25, 0.3) is 0 Å². The molecule has 0 bridgehead atoms. The maximum Gasteiger partial charge on any atom is 0.194 e. The van der Waals surface area contributed by atoms with E-state index in [0.717, 1.165) is 18.5 Å². The highest BCUT2D eigenvalue weighted by Crippen LogP contribution is 1.86. The second-order valence-electron chi connectivity index (χ2n) is 3.34. The summed E-state index contributed by atoms with van der Waals surface area (Å²) in [6.45, 7) is 7.34. The Hall–Kier alpha value is -1.42. The zero-order valence-electron chi connectivity index (χ0n) is 9.52. The third kappa shape index (κ3) is 3.98. The van der Waals surface area contributed by atoms with Crippen molar-refractivity contribution < 1.29 is 0 Å². The minimum atomic E-state index is 0.496. The van der Waals surface area contributed by atoms with Crippen LogP contribution in [0.4, 0.5) is 0 Å². The average molecular weight is 235 g/mol. The molecule has 0 atom stereocenters. The van der Waals surface area contributed by atoms with E-state index in [-0.39, 0.29) is 0 Å². The molecule has 0 aliphatic heterocycles. The monoisotopic (exact) mass is 235 g/mol. The first-order valence-electron chi connectivity index (χ1n) is 5.37. The van der Waals surface area contributed by atoms with Crippen molar-refractivity contribution in [2.45, 2.75) is 19.9 Å². The van der Waals surface area contributed by atoms with Crippen LogP contribution in [0, 0.1) is 0 Å². The smallest absolute Gasteiger partial charge is 0.194 e. The van der Waals surface area contributed by atoms with Crippen molar-refractivity contribution in [1.29, 1.82) is 0 Å². The fraction of sp³-hybridized carbons (Fsp3) is 0.333. The Labute approximate surface area is 102 Å². The number of nitrogens with one attached hydrogen (secondary N) is 1. The number of aromatic nitrogens is 1. The predicted octanol–water partition coefficient (Wildman–Crippen LogP) is 1.86. The van der Waals surface area contributed by atoms with Gasteiger partial charge in [-0.2, -0.15) is 0 Å². The fourth-order valence-electron chi connectivity index (χ4n) is 1.30. The molecule has 0 amide bonds. The van der Waals surface area contributed by atoms with Gasteiger partial charge >= 0.3 is 0 Å². The Balaban J connectivity index is 2.88. The molecule has 0 unspecified atom stereocenters. The van der Waals surface area contributed by atoms with Gasteiger partial charge in [0.2, 0.25) is 0 Å². The zero-order chi connectivity index (χ0) is 11.8. The van der Waals surface area contributed by atoms with Crippen LogP contribution < -0.4 is 10.8 Å². The molecule has 86 valence electrons. The molecule has 1 aromatic rings. The van der Waals surface area contributed by atoms with E-state index in [2.05, 4.69) is 28.4 Å². The summed E-state index contributed by atoms with van der Waals surface area (Å²) in [5, 5.41) is 3.48. The van der Waals surface area contributed by atoms with Crippen LogP contribution >= 0.6 is 12.2 Å². The van der Waals surface area contributed by atoms with Crippen LogP contribution in [-0.2, 0) is 6.54 Å². The van der Waals surface area contributed by atoms with Crippen molar-refractivity contribution in [3.05, 3.63) is 42.5 Å². The lowest BCUT2D eigenvalue weighted by Crippen LogP contribution is -2.26. The highest BCUT2D eigenvalue weighted by molar-refractivity contribution is 7.80. The number of hydrogen-bond donors (Lipinski definition) is 1. The molecule has 0 radical (unpaired) electrons. The van der Waals surface area contributed by atoms with Gasteiger partial charge < -0.3 is 9.88 Å². The van der Waals surface area contributed by atoms with E-state index >= 15 is 0 Å². The first-order chi connectivity index (χ1) is 7.77. The molecule has 0 aromatic carbocycles. The Morgan fingerprint density at radius 1 is 1.62 bits per heavy atom. The summed E-state index contributed by atoms with van der Waals surface area (Å²) in [6, 6.07) is 5.91. The predicted molar refractivity (Wildman–Crippen MR) is 71.1 cm³/mol. The molecule has 0 fully saturated rings. The highest BCUT2D eigenvalue weighted by atomic mass is 32.1. The van der Waals surface area contributed by atoms with Crippen LogP contribution in [0.25, 0.3) is 0 Å². The Bertz CT molecular complexity index is 420. The van der Waals surface area contributed by atoms with E-state index < -0.39 is 0 Å². The molecule has 0 saturated heterocycles. The normalized spacial score (nSPS) is 11.2. The van der Waals surface area contributed by atoms with E-state index in [1.807, 2.05) is 24.4 Å². The van der Waals surface area contributed by atoms with Gasteiger partial charge in [-0.05, 0) is 30.8 Å². The summed E-state index contributed by atoms with van der Waals surface area (Å²) < 4.78 is 2.09. The number of hydrogen-bond acceptors (Lipinski definition) is 1. The van der Waals surface area contributed by atoms with Crippen molar-refractivity contribution in [2.24, 2.45) is 4.99 Å². The minimum absolute atomic E-state index is 0.496. The van der Waals surface area contributed by atoms with Gasteiger partial charge in [-0.1, -0.05) is 19.1 Å². The molecule has 1 aromatic heterocycles. The first-order valence-corrected chi connectivity index (χ1v) is 5.77. The molecule has 0 saturated carbocycles. The maximum atomic E-state index is 5.11. The molecule has 0 spiro atoms. The van der Waals surface area contributed by atoms with Gasteiger partial charge in [0.1, 0.15) is 5.49 Å². The molecule has 0 aliphatic rings. The number of aryl methyl sites for hydroxylation is 1. The number of thiocarbonyl (C=S) groups is 1. The van der Waals surface area contributed by atoms with Gasteiger partial charge in [0.15, 0.2) is 5.11 Å². The van der Waals surface area contributed by atoms with Crippen LogP contribution in [0.1, 0.15) is 13.3 Å². The van der Waals surface area contributed by atoms with Crippen molar-refractivity contribution in [2.75, 3.05) is 6.54 Å². The molecule has 4 heteroatoms. The van der Waals surface area contributed by atoms with Crippen molar-refractivity contribution >= 4 is 17.3 Å². The van der Waals surface area contributed by atoms with Gasteiger partial charge in [-0.3, -0.25) is 0 Å². The van der Waals surface area contributed by atoms with E-state index in [0.29, 0.717) is 11.7 Å². The van der Waals surface area contributed by atoms with Crippen LogP contribution in [-0.4, -0.2) is 16.2 Å². The Morgan fingerprint density at radius 3 is 3.12 bits per heavy atom. The second-order valence-corrected chi connectivity index (χ2v) is 3.73. The van der Waals surface area contributed by atoms with Crippen molar-refractivity contribution in [1.82, 2.24) is 9.88 Å². The standard InChI is InChI=1S/C12H17N3S/c1-3-8-13-12(16)14-11-7-5-6-10-15(11)9-4-2/h3,5-7,10H,1,4,8-9H2,2H3,(H,13,16)/b14-11+. The van der Waals surface area contributed by atoms with E-state index in [9.17, 15) is 0 Å². The van der Waals surface area contributed by atoms with Crippen LogP contribution in [0.5, 0.6) is 0 Å². The van der Waals surface area contributed by atoms with Crippen LogP contribution in [0.2, 0.25) is 0 Å². The van der Waals surface area contributed by atoms with Crippen LogP contribution in [0.3, 0.4) is 0 Å².